The van der Waals surface area contributed by atoms with Gasteiger partial charge in [0, 0.05) is 24.9 Å². The van der Waals surface area contributed by atoms with Gasteiger partial charge in [-0.05, 0) is 24.3 Å². The van der Waals surface area contributed by atoms with Crippen LogP contribution in [0.4, 0.5) is 0 Å². The summed E-state index contributed by atoms with van der Waals surface area (Å²) in [5.41, 5.74) is 0.813. The number of hydrogen-bond acceptors (Lipinski definition) is 4. The first-order chi connectivity index (χ1) is 9.66. The summed E-state index contributed by atoms with van der Waals surface area (Å²) in [6, 6.07) is 9.88. The number of nitrogens with zero attached hydrogens (tertiary/aromatic N) is 2. The van der Waals surface area contributed by atoms with Crippen LogP contribution in [0.5, 0.6) is 0 Å². The van der Waals surface area contributed by atoms with Crippen LogP contribution in [-0.2, 0) is 6.42 Å². The lowest BCUT2D eigenvalue weighted by molar-refractivity contribution is 0.0690. The van der Waals surface area contributed by atoms with Crippen molar-refractivity contribution < 1.29 is 14.7 Å². The Balaban J connectivity index is 1.92. The second-order valence-corrected chi connectivity index (χ2v) is 4.04. The van der Waals surface area contributed by atoms with Crippen LogP contribution in [0.3, 0.4) is 0 Å². The fourth-order valence-electron chi connectivity index (χ4n) is 1.62. The summed E-state index contributed by atoms with van der Waals surface area (Å²) in [4.78, 5) is 30.5. The van der Waals surface area contributed by atoms with Crippen molar-refractivity contribution in [1.82, 2.24) is 15.3 Å². The van der Waals surface area contributed by atoms with Crippen LogP contribution in [0.25, 0.3) is 0 Å². The number of aromatic carboxylic acids is 1. The maximum Gasteiger partial charge on any atom is 0.354 e. The predicted octanol–water partition coefficient (Wildman–Crippen LogP) is 1.15. The van der Waals surface area contributed by atoms with Crippen molar-refractivity contribution in [2.75, 3.05) is 6.54 Å². The van der Waals surface area contributed by atoms with Crippen LogP contribution < -0.4 is 5.32 Å². The molecule has 0 atom stereocenters. The molecule has 2 aromatic rings. The minimum Gasteiger partial charge on any atom is -0.477 e. The molecule has 20 heavy (non-hydrogen) atoms. The fraction of sp³-hybridized carbons (Fsp3) is 0.143. The highest BCUT2D eigenvalue weighted by atomic mass is 16.4. The van der Waals surface area contributed by atoms with Gasteiger partial charge in [-0.25, -0.2) is 9.78 Å². The van der Waals surface area contributed by atoms with Crippen LogP contribution >= 0.6 is 0 Å². The van der Waals surface area contributed by atoms with Crippen molar-refractivity contribution in [3.63, 3.8) is 0 Å². The zero-order valence-corrected chi connectivity index (χ0v) is 10.6. The molecule has 102 valence electrons. The topological polar surface area (TPSA) is 92.2 Å². The van der Waals surface area contributed by atoms with Crippen LogP contribution in [-0.4, -0.2) is 33.5 Å². The second-order valence-electron chi connectivity index (χ2n) is 4.04. The fourth-order valence-corrected chi connectivity index (χ4v) is 1.62. The van der Waals surface area contributed by atoms with Crippen molar-refractivity contribution in [1.29, 1.82) is 0 Å². The largest absolute Gasteiger partial charge is 0.477 e. The van der Waals surface area contributed by atoms with Crippen molar-refractivity contribution in [3.05, 3.63) is 59.7 Å². The third kappa shape index (κ3) is 3.61. The summed E-state index contributed by atoms with van der Waals surface area (Å²) in [6.07, 6.45) is 2.29. The molecule has 0 spiro atoms. The van der Waals surface area contributed by atoms with Gasteiger partial charge >= 0.3 is 5.97 Å². The first kappa shape index (κ1) is 13.7. The molecule has 0 aromatic carbocycles. The summed E-state index contributed by atoms with van der Waals surface area (Å²) in [7, 11) is 0. The van der Waals surface area contributed by atoms with Gasteiger partial charge < -0.3 is 10.4 Å². The Morgan fingerprint density at radius 3 is 2.60 bits per heavy atom. The third-order valence-corrected chi connectivity index (χ3v) is 2.59. The summed E-state index contributed by atoms with van der Waals surface area (Å²) in [5.74, 6) is -1.56. The van der Waals surface area contributed by atoms with Gasteiger partial charge in [0.1, 0.15) is 11.4 Å². The molecule has 0 aliphatic carbocycles. The molecule has 0 unspecified atom stereocenters. The second kappa shape index (κ2) is 6.42. The smallest absolute Gasteiger partial charge is 0.354 e. The molecule has 0 bridgehead atoms. The third-order valence-electron chi connectivity index (χ3n) is 2.59. The van der Waals surface area contributed by atoms with E-state index >= 15 is 0 Å². The number of hydrogen-bond donors (Lipinski definition) is 2. The SMILES string of the molecule is O=C(O)c1cccc(C(=O)NCCc2ccccn2)n1. The van der Waals surface area contributed by atoms with Crippen molar-refractivity contribution >= 4 is 11.9 Å². The first-order valence-corrected chi connectivity index (χ1v) is 6.05. The van der Waals surface area contributed by atoms with Gasteiger partial charge in [-0.1, -0.05) is 12.1 Å². The summed E-state index contributed by atoms with van der Waals surface area (Å²) in [5, 5.41) is 11.5. The summed E-state index contributed by atoms with van der Waals surface area (Å²) >= 11 is 0. The van der Waals surface area contributed by atoms with E-state index < -0.39 is 11.9 Å². The van der Waals surface area contributed by atoms with E-state index in [0.29, 0.717) is 13.0 Å². The molecule has 0 saturated carbocycles. The maximum atomic E-state index is 11.8. The molecule has 1 amide bonds. The number of rotatable bonds is 5. The molecule has 0 aliphatic rings. The van der Waals surface area contributed by atoms with Crippen molar-refractivity contribution in [2.24, 2.45) is 0 Å². The van der Waals surface area contributed by atoms with E-state index in [1.54, 1.807) is 6.20 Å². The molecule has 6 nitrogen and oxygen atoms in total. The molecule has 6 heteroatoms. The first-order valence-electron chi connectivity index (χ1n) is 6.05. The number of pyridine rings is 2. The van der Waals surface area contributed by atoms with E-state index in [0.717, 1.165) is 5.69 Å². The Hall–Kier alpha value is -2.76. The number of carbonyl (C=O) groups excluding carboxylic acids is 1. The average Bonchev–Trinajstić information content (AvgIpc) is 2.48. The van der Waals surface area contributed by atoms with E-state index in [-0.39, 0.29) is 11.4 Å². The van der Waals surface area contributed by atoms with Crippen LogP contribution in [0.2, 0.25) is 0 Å². The van der Waals surface area contributed by atoms with Gasteiger partial charge in [-0.2, -0.15) is 0 Å². The molecule has 2 aromatic heterocycles. The molecular weight excluding hydrogens is 258 g/mol. The highest BCUT2D eigenvalue weighted by Crippen LogP contribution is 2.00. The quantitative estimate of drug-likeness (QED) is 0.851. The summed E-state index contributed by atoms with van der Waals surface area (Å²) < 4.78 is 0. The average molecular weight is 271 g/mol. The lowest BCUT2D eigenvalue weighted by Crippen LogP contribution is -2.27. The van der Waals surface area contributed by atoms with Gasteiger partial charge in [0.15, 0.2) is 0 Å². The van der Waals surface area contributed by atoms with Gasteiger partial charge in [0.25, 0.3) is 5.91 Å². The Labute approximate surface area is 115 Å². The van der Waals surface area contributed by atoms with E-state index in [1.165, 1.54) is 18.2 Å². The normalized spacial score (nSPS) is 10.0. The number of carboxylic acids is 1. The standard InChI is InChI=1S/C14H13N3O3/c18-13(11-5-3-6-12(17-11)14(19)20)16-9-7-10-4-1-2-8-15-10/h1-6,8H,7,9H2,(H,16,18)(H,19,20). The predicted molar refractivity (Wildman–Crippen MR) is 71.5 cm³/mol. The van der Waals surface area contributed by atoms with E-state index in [2.05, 4.69) is 15.3 Å². The van der Waals surface area contributed by atoms with Crippen LogP contribution in [0, 0.1) is 0 Å². The number of carbonyl (C=O) groups is 2. The van der Waals surface area contributed by atoms with Gasteiger partial charge in [0.2, 0.25) is 0 Å². The monoisotopic (exact) mass is 271 g/mol. The number of carboxylic acid groups (broad SMARTS) is 1. The minimum atomic E-state index is -1.16. The van der Waals surface area contributed by atoms with Gasteiger partial charge in [-0.3, -0.25) is 9.78 Å². The molecule has 2 N–H and O–H groups in total. The maximum absolute atomic E-state index is 11.8. The van der Waals surface area contributed by atoms with Crippen LogP contribution in [0.1, 0.15) is 26.7 Å². The molecule has 2 rings (SSSR count). The Kier molecular flexibility index (Phi) is 4.39. The Morgan fingerprint density at radius 1 is 1.10 bits per heavy atom. The Bertz CT molecular complexity index is 614. The zero-order chi connectivity index (χ0) is 14.4. The van der Waals surface area contributed by atoms with E-state index in [9.17, 15) is 9.59 Å². The molecule has 0 fully saturated rings. The zero-order valence-electron chi connectivity index (χ0n) is 10.6. The minimum absolute atomic E-state index is 0.0888. The molecule has 2 heterocycles. The van der Waals surface area contributed by atoms with Crippen molar-refractivity contribution in [3.8, 4) is 0 Å². The molecule has 0 radical (unpaired) electrons. The van der Waals surface area contributed by atoms with E-state index in [4.69, 9.17) is 5.11 Å². The molecular formula is C14H13N3O3. The molecule has 0 saturated heterocycles. The highest BCUT2D eigenvalue weighted by molar-refractivity contribution is 5.94. The lowest BCUT2D eigenvalue weighted by Gasteiger charge is -2.05. The van der Waals surface area contributed by atoms with Crippen molar-refractivity contribution in [2.45, 2.75) is 6.42 Å². The summed E-state index contributed by atoms with van der Waals surface area (Å²) in [6.45, 7) is 0.412. The van der Waals surface area contributed by atoms with Gasteiger partial charge in [-0.15, -0.1) is 0 Å². The highest BCUT2D eigenvalue weighted by Gasteiger charge is 2.10. The number of nitrogens with one attached hydrogen (secondary N) is 1. The Morgan fingerprint density at radius 2 is 1.90 bits per heavy atom. The van der Waals surface area contributed by atoms with Crippen LogP contribution in [0.15, 0.2) is 42.6 Å². The lowest BCUT2D eigenvalue weighted by atomic mass is 10.2. The number of aromatic nitrogens is 2. The molecule has 0 aliphatic heterocycles. The van der Waals surface area contributed by atoms with Gasteiger partial charge in [0.05, 0.1) is 0 Å². The number of amides is 1. The van der Waals surface area contributed by atoms with E-state index in [1.807, 2.05) is 18.2 Å².